The molecule has 0 heterocycles. The Morgan fingerprint density at radius 3 is 2.27 bits per heavy atom. The fourth-order valence-corrected chi connectivity index (χ4v) is 2.66. The van der Waals surface area contributed by atoms with Gasteiger partial charge in [0.25, 0.3) is 0 Å². The van der Waals surface area contributed by atoms with Gasteiger partial charge >= 0.3 is 18.1 Å². The van der Waals surface area contributed by atoms with Crippen LogP contribution in [0.15, 0.2) is 42.5 Å². The van der Waals surface area contributed by atoms with Crippen molar-refractivity contribution in [1.82, 2.24) is 0 Å². The van der Waals surface area contributed by atoms with Crippen LogP contribution in [0.5, 0.6) is 0 Å². The van der Waals surface area contributed by atoms with Gasteiger partial charge in [0.05, 0.1) is 35.6 Å². The van der Waals surface area contributed by atoms with Crippen molar-refractivity contribution in [2.24, 2.45) is 0 Å². The highest BCUT2D eigenvalue weighted by atomic mass is 32.1. The molecule has 0 amide bonds. The lowest BCUT2D eigenvalue weighted by Crippen LogP contribution is -2.22. The fraction of sp³-hybridized carbons (Fsp3) is 0.250. The lowest BCUT2D eigenvalue weighted by Gasteiger charge is -2.15. The molecule has 160 valence electrons. The topological polar surface area (TPSA) is 76.7 Å². The summed E-state index contributed by atoms with van der Waals surface area (Å²) < 4.78 is 48.6. The van der Waals surface area contributed by atoms with E-state index in [9.17, 15) is 22.8 Å². The summed E-state index contributed by atoms with van der Waals surface area (Å²) in [5.74, 6) is -1.26. The number of ether oxygens (including phenoxy) is 2. The molecule has 0 saturated carbocycles. The van der Waals surface area contributed by atoms with E-state index in [1.54, 1.807) is 13.8 Å². The molecule has 10 heteroatoms. The molecule has 0 radical (unpaired) electrons. The zero-order valence-corrected chi connectivity index (χ0v) is 16.9. The van der Waals surface area contributed by atoms with E-state index in [0.717, 1.165) is 12.1 Å². The van der Waals surface area contributed by atoms with Crippen LogP contribution >= 0.6 is 12.2 Å². The molecule has 6 nitrogen and oxygen atoms in total. The van der Waals surface area contributed by atoms with Crippen LogP contribution in [-0.2, 0) is 15.7 Å². The number of carbonyl (C=O) groups excluding carboxylic acids is 2. The number of halogens is 3. The van der Waals surface area contributed by atoms with Crippen molar-refractivity contribution in [1.29, 1.82) is 0 Å². The van der Waals surface area contributed by atoms with Crippen LogP contribution in [0, 0.1) is 0 Å². The number of carbonyl (C=O) groups is 2. The molecule has 2 rings (SSSR count). The zero-order valence-electron chi connectivity index (χ0n) is 16.1. The second-order valence-corrected chi connectivity index (χ2v) is 6.27. The molecule has 0 saturated heterocycles. The normalized spacial score (nSPS) is 10.8. The first-order valence-electron chi connectivity index (χ1n) is 8.89. The highest BCUT2D eigenvalue weighted by Gasteiger charge is 2.30. The van der Waals surface area contributed by atoms with Gasteiger partial charge in [-0.15, -0.1) is 0 Å². The summed E-state index contributed by atoms with van der Waals surface area (Å²) >= 11 is 5.15. The minimum atomic E-state index is -4.50. The van der Waals surface area contributed by atoms with Crippen molar-refractivity contribution in [2.75, 3.05) is 23.8 Å². The quantitative estimate of drug-likeness (QED) is 0.490. The van der Waals surface area contributed by atoms with Gasteiger partial charge in [-0.1, -0.05) is 6.07 Å². The van der Waals surface area contributed by atoms with Crippen molar-refractivity contribution >= 4 is 40.6 Å². The van der Waals surface area contributed by atoms with E-state index in [4.69, 9.17) is 21.7 Å². The summed E-state index contributed by atoms with van der Waals surface area (Å²) in [6, 6.07) is 8.60. The average Bonchev–Trinajstić information content (AvgIpc) is 2.67. The number of hydrogen-bond acceptors (Lipinski definition) is 5. The van der Waals surface area contributed by atoms with Crippen molar-refractivity contribution in [2.45, 2.75) is 20.0 Å². The molecule has 0 aliphatic carbocycles. The Balaban J connectivity index is 2.28. The molecule has 0 unspecified atom stereocenters. The molecule has 30 heavy (non-hydrogen) atoms. The molecule has 0 aromatic heterocycles. The summed E-state index contributed by atoms with van der Waals surface area (Å²) in [6.45, 7) is 3.58. The molecule has 0 bridgehead atoms. The van der Waals surface area contributed by atoms with Crippen LogP contribution in [0.4, 0.5) is 24.5 Å². The fourth-order valence-electron chi connectivity index (χ4n) is 2.43. The Bertz CT molecular complexity index is 948. The van der Waals surface area contributed by atoms with Gasteiger partial charge in [0.1, 0.15) is 0 Å². The van der Waals surface area contributed by atoms with Gasteiger partial charge in [-0.3, -0.25) is 0 Å². The molecule has 0 atom stereocenters. The monoisotopic (exact) mass is 440 g/mol. The molecule has 0 aliphatic heterocycles. The Labute approximate surface area is 176 Å². The van der Waals surface area contributed by atoms with Gasteiger partial charge in [0.2, 0.25) is 0 Å². The molecule has 2 aromatic carbocycles. The molecular formula is C20H19F3N2O4S. The average molecular weight is 440 g/mol. The van der Waals surface area contributed by atoms with E-state index in [1.807, 2.05) is 0 Å². The number of nitrogens with one attached hydrogen (secondary N) is 2. The van der Waals surface area contributed by atoms with Crippen LogP contribution in [0.3, 0.4) is 0 Å². The molecule has 2 aromatic rings. The van der Waals surface area contributed by atoms with E-state index in [-0.39, 0.29) is 40.8 Å². The van der Waals surface area contributed by atoms with Crippen molar-refractivity contribution in [3.8, 4) is 0 Å². The van der Waals surface area contributed by atoms with E-state index in [2.05, 4.69) is 10.6 Å². The number of alkyl halides is 3. The van der Waals surface area contributed by atoms with Gasteiger partial charge < -0.3 is 20.1 Å². The molecular weight excluding hydrogens is 421 g/mol. The van der Waals surface area contributed by atoms with Gasteiger partial charge in [0.15, 0.2) is 5.11 Å². The highest BCUT2D eigenvalue weighted by Crippen LogP contribution is 2.30. The Hall–Kier alpha value is -3.14. The van der Waals surface area contributed by atoms with Gasteiger partial charge in [0, 0.05) is 5.69 Å². The summed E-state index contributed by atoms with van der Waals surface area (Å²) in [5.41, 5.74) is -0.343. The zero-order chi connectivity index (χ0) is 22.3. The predicted molar refractivity (Wildman–Crippen MR) is 110 cm³/mol. The molecule has 0 fully saturated rings. The number of anilines is 2. The third-order valence-electron chi connectivity index (χ3n) is 3.72. The second-order valence-electron chi connectivity index (χ2n) is 5.86. The smallest absolute Gasteiger partial charge is 0.416 e. The third-order valence-corrected chi connectivity index (χ3v) is 3.93. The van der Waals surface area contributed by atoms with Crippen molar-refractivity contribution in [3.05, 3.63) is 59.2 Å². The van der Waals surface area contributed by atoms with Crippen LogP contribution in [0.25, 0.3) is 0 Å². The Morgan fingerprint density at radius 2 is 1.63 bits per heavy atom. The summed E-state index contributed by atoms with van der Waals surface area (Å²) in [4.78, 5) is 24.2. The number of benzene rings is 2. The van der Waals surface area contributed by atoms with Crippen LogP contribution < -0.4 is 10.6 Å². The SMILES string of the molecule is CCOC(=O)c1ccc(C(=O)OCC)c(NC(=S)Nc2cccc(C(F)(F)F)c2)c1. The van der Waals surface area contributed by atoms with Gasteiger partial charge in [-0.2, -0.15) is 13.2 Å². The maximum Gasteiger partial charge on any atom is 0.416 e. The van der Waals surface area contributed by atoms with Crippen LogP contribution in [0.2, 0.25) is 0 Å². The molecule has 0 aliphatic rings. The lowest BCUT2D eigenvalue weighted by atomic mass is 10.1. The third kappa shape index (κ3) is 6.18. The maximum atomic E-state index is 12.9. The van der Waals surface area contributed by atoms with Crippen molar-refractivity contribution in [3.63, 3.8) is 0 Å². The first-order valence-corrected chi connectivity index (χ1v) is 9.30. The first-order chi connectivity index (χ1) is 14.2. The summed E-state index contributed by atoms with van der Waals surface area (Å²) in [5, 5.41) is 5.27. The maximum absolute atomic E-state index is 12.9. The van der Waals surface area contributed by atoms with E-state index in [1.165, 1.54) is 30.3 Å². The van der Waals surface area contributed by atoms with Gasteiger partial charge in [-0.05, 0) is 62.5 Å². The predicted octanol–water partition coefficient (Wildman–Crippen LogP) is 4.87. The molecule has 0 spiro atoms. The van der Waals surface area contributed by atoms with Crippen LogP contribution in [-0.4, -0.2) is 30.3 Å². The van der Waals surface area contributed by atoms with E-state index >= 15 is 0 Å². The van der Waals surface area contributed by atoms with Crippen molar-refractivity contribution < 1.29 is 32.2 Å². The number of esters is 2. The van der Waals surface area contributed by atoms with E-state index in [0.29, 0.717) is 0 Å². The van der Waals surface area contributed by atoms with Crippen LogP contribution in [0.1, 0.15) is 40.1 Å². The standard InChI is InChI=1S/C20H19F3N2O4S/c1-3-28-17(26)12-8-9-15(18(27)29-4-2)16(10-12)25-19(30)24-14-7-5-6-13(11-14)20(21,22)23/h5-11H,3-4H2,1-2H3,(H2,24,25,30). The summed E-state index contributed by atoms with van der Waals surface area (Å²) in [7, 11) is 0. The Morgan fingerprint density at radius 1 is 0.967 bits per heavy atom. The number of hydrogen-bond donors (Lipinski definition) is 2. The van der Waals surface area contributed by atoms with Gasteiger partial charge in [-0.25, -0.2) is 9.59 Å². The lowest BCUT2D eigenvalue weighted by molar-refractivity contribution is -0.137. The number of thiocarbonyl (C=S) groups is 1. The largest absolute Gasteiger partial charge is 0.462 e. The highest BCUT2D eigenvalue weighted by molar-refractivity contribution is 7.80. The molecule has 2 N–H and O–H groups in total. The summed E-state index contributed by atoms with van der Waals surface area (Å²) in [6.07, 6.45) is -4.50. The number of rotatable bonds is 6. The first kappa shape index (κ1) is 23.1. The van der Waals surface area contributed by atoms with E-state index < -0.39 is 23.7 Å². The minimum Gasteiger partial charge on any atom is -0.462 e. The Kier molecular flexibility index (Phi) is 7.76. The minimum absolute atomic E-state index is 0.0825. The second kappa shape index (κ2) is 10.1.